The first-order chi connectivity index (χ1) is 8.42. The van der Waals surface area contributed by atoms with Crippen molar-refractivity contribution in [3.8, 4) is 5.75 Å². The number of ketones is 1. The lowest BCUT2D eigenvalue weighted by Gasteiger charge is -2.26. The van der Waals surface area contributed by atoms with E-state index in [1.54, 1.807) is 0 Å². The highest BCUT2D eigenvalue weighted by Crippen LogP contribution is 2.33. The van der Waals surface area contributed by atoms with Crippen LogP contribution in [0.2, 0.25) is 0 Å². The van der Waals surface area contributed by atoms with Crippen molar-refractivity contribution in [1.29, 1.82) is 0 Å². The highest BCUT2D eigenvalue weighted by molar-refractivity contribution is 6.03. The van der Waals surface area contributed by atoms with Gasteiger partial charge in [-0.15, -0.1) is 0 Å². The first-order valence-electron chi connectivity index (χ1n) is 6.77. The Bertz CT molecular complexity index is 485. The second-order valence-electron chi connectivity index (χ2n) is 7.25. The molecule has 0 unspecified atom stereocenters. The van der Waals surface area contributed by atoms with Gasteiger partial charge in [-0.2, -0.15) is 0 Å². The van der Waals surface area contributed by atoms with E-state index < -0.39 is 5.41 Å². The molecule has 19 heavy (non-hydrogen) atoms. The summed E-state index contributed by atoms with van der Waals surface area (Å²) >= 11 is 0. The lowest BCUT2D eigenvalue weighted by Crippen LogP contribution is -2.27. The quantitative estimate of drug-likeness (QED) is 0.721. The molecule has 0 amide bonds. The molecule has 1 aromatic carbocycles. The summed E-state index contributed by atoms with van der Waals surface area (Å²) in [5, 5.41) is 0. The SMILES string of the molecule is Cc1cc(C)c(C(=O)C(C)(C)C)c(OC(C)(C)C)c1. The molecule has 0 saturated carbocycles. The topological polar surface area (TPSA) is 26.3 Å². The maximum atomic E-state index is 12.6. The van der Waals surface area contributed by atoms with Crippen LogP contribution in [-0.2, 0) is 0 Å². The van der Waals surface area contributed by atoms with E-state index in [9.17, 15) is 4.79 Å². The molecular weight excluding hydrogens is 236 g/mol. The predicted octanol–water partition coefficient (Wildman–Crippen LogP) is 4.71. The minimum Gasteiger partial charge on any atom is -0.487 e. The van der Waals surface area contributed by atoms with Gasteiger partial charge in [0.25, 0.3) is 0 Å². The molecule has 0 radical (unpaired) electrons. The minimum atomic E-state index is -0.407. The lowest BCUT2D eigenvalue weighted by atomic mass is 9.84. The number of aryl methyl sites for hydroxylation is 2. The van der Waals surface area contributed by atoms with Crippen molar-refractivity contribution in [1.82, 2.24) is 0 Å². The predicted molar refractivity (Wildman–Crippen MR) is 80.1 cm³/mol. The summed E-state index contributed by atoms with van der Waals surface area (Å²) in [6.07, 6.45) is 0. The number of carbonyl (C=O) groups excluding carboxylic acids is 1. The Morgan fingerprint density at radius 3 is 1.95 bits per heavy atom. The van der Waals surface area contributed by atoms with E-state index in [4.69, 9.17) is 4.74 Å². The average Bonchev–Trinajstić information content (AvgIpc) is 2.11. The number of carbonyl (C=O) groups is 1. The molecule has 0 fully saturated rings. The zero-order valence-electron chi connectivity index (χ0n) is 13.5. The molecule has 0 N–H and O–H groups in total. The second-order valence-corrected chi connectivity index (χ2v) is 7.25. The van der Waals surface area contributed by atoms with Gasteiger partial charge in [0.15, 0.2) is 5.78 Å². The van der Waals surface area contributed by atoms with Gasteiger partial charge in [-0.25, -0.2) is 0 Å². The second kappa shape index (κ2) is 4.99. The molecule has 0 aromatic heterocycles. The number of benzene rings is 1. The minimum absolute atomic E-state index is 0.129. The van der Waals surface area contributed by atoms with E-state index in [1.165, 1.54) is 0 Å². The van der Waals surface area contributed by atoms with Crippen LogP contribution in [-0.4, -0.2) is 11.4 Å². The third-order valence-corrected chi connectivity index (χ3v) is 2.77. The first-order valence-corrected chi connectivity index (χ1v) is 6.77. The summed E-state index contributed by atoms with van der Waals surface area (Å²) in [4.78, 5) is 12.6. The van der Waals surface area contributed by atoms with Gasteiger partial charge >= 0.3 is 0 Å². The van der Waals surface area contributed by atoms with Crippen LogP contribution in [0, 0.1) is 19.3 Å². The Kier molecular flexibility index (Phi) is 4.14. The van der Waals surface area contributed by atoms with Gasteiger partial charge in [0, 0.05) is 5.41 Å². The fraction of sp³-hybridized carbons (Fsp3) is 0.588. The molecule has 0 saturated heterocycles. The summed E-state index contributed by atoms with van der Waals surface area (Å²) < 4.78 is 5.99. The van der Waals surface area contributed by atoms with E-state index in [-0.39, 0.29) is 11.4 Å². The molecule has 106 valence electrons. The van der Waals surface area contributed by atoms with Gasteiger partial charge in [0.05, 0.1) is 5.56 Å². The van der Waals surface area contributed by atoms with Gasteiger partial charge in [-0.1, -0.05) is 26.8 Å². The third kappa shape index (κ3) is 4.09. The smallest absolute Gasteiger partial charge is 0.172 e. The third-order valence-electron chi connectivity index (χ3n) is 2.77. The summed E-state index contributed by atoms with van der Waals surface area (Å²) in [5.74, 6) is 0.828. The Labute approximate surface area is 117 Å². The molecule has 0 heterocycles. The zero-order chi connectivity index (χ0) is 15.0. The molecule has 0 atom stereocenters. The van der Waals surface area contributed by atoms with Crippen molar-refractivity contribution in [2.24, 2.45) is 5.41 Å². The molecule has 0 aliphatic rings. The van der Waals surface area contributed by atoms with Crippen molar-refractivity contribution in [3.63, 3.8) is 0 Å². The highest BCUT2D eigenvalue weighted by Gasteiger charge is 2.28. The van der Waals surface area contributed by atoms with E-state index in [0.717, 1.165) is 11.1 Å². The van der Waals surface area contributed by atoms with Crippen LogP contribution in [0.25, 0.3) is 0 Å². The maximum Gasteiger partial charge on any atom is 0.172 e. The van der Waals surface area contributed by atoms with Crippen LogP contribution in [0.3, 0.4) is 0 Å². The largest absolute Gasteiger partial charge is 0.487 e. The van der Waals surface area contributed by atoms with E-state index in [1.807, 2.05) is 67.5 Å². The number of hydrogen-bond donors (Lipinski definition) is 0. The van der Waals surface area contributed by atoms with E-state index >= 15 is 0 Å². The summed E-state index contributed by atoms with van der Waals surface area (Å²) in [6, 6.07) is 3.99. The van der Waals surface area contributed by atoms with Crippen LogP contribution in [0.4, 0.5) is 0 Å². The maximum absolute atomic E-state index is 12.6. The first kappa shape index (κ1) is 15.7. The molecular formula is C17H26O2. The van der Waals surface area contributed by atoms with Crippen molar-refractivity contribution in [2.45, 2.75) is 61.0 Å². The van der Waals surface area contributed by atoms with Crippen molar-refractivity contribution < 1.29 is 9.53 Å². The summed E-state index contributed by atoms with van der Waals surface area (Å²) in [6.45, 7) is 15.8. The Balaban J connectivity index is 3.41. The average molecular weight is 262 g/mol. The van der Waals surface area contributed by atoms with Crippen LogP contribution in [0.1, 0.15) is 63.0 Å². The van der Waals surface area contributed by atoms with E-state index in [2.05, 4.69) is 0 Å². The molecule has 0 aliphatic heterocycles. The number of hydrogen-bond acceptors (Lipinski definition) is 2. The zero-order valence-corrected chi connectivity index (χ0v) is 13.5. The van der Waals surface area contributed by atoms with Gasteiger partial charge in [-0.05, 0) is 51.8 Å². The van der Waals surface area contributed by atoms with Gasteiger partial charge in [-0.3, -0.25) is 4.79 Å². The van der Waals surface area contributed by atoms with Crippen LogP contribution in [0.5, 0.6) is 5.75 Å². The van der Waals surface area contributed by atoms with Crippen molar-refractivity contribution >= 4 is 5.78 Å². The van der Waals surface area contributed by atoms with E-state index in [0.29, 0.717) is 11.3 Å². The van der Waals surface area contributed by atoms with Crippen molar-refractivity contribution in [3.05, 3.63) is 28.8 Å². The number of rotatable bonds is 2. The van der Waals surface area contributed by atoms with Gasteiger partial charge < -0.3 is 4.74 Å². The fourth-order valence-electron chi connectivity index (χ4n) is 2.00. The highest BCUT2D eigenvalue weighted by atomic mass is 16.5. The Morgan fingerprint density at radius 2 is 1.53 bits per heavy atom. The van der Waals surface area contributed by atoms with Gasteiger partial charge in [0.1, 0.15) is 11.4 Å². The molecule has 2 heteroatoms. The normalized spacial score (nSPS) is 12.4. The van der Waals surface area contributed by atoms with Crippen molar-refractivity contribution in [2.75, 3.05) is 0 Å². The Hall–Kier alpha value is -1.31. The fourth-order valence-corrected chi connectivity index (χ4v) is 2.00. The molecule has 0 spiro atoms. The summed E-state index contributed by atoms with van der Waals surface area (Å²) in [5.41, 5.74) is 2.10. The van der Waals surface area contributed by atoms with Gasteiger partial charge in [0.2, 0.25) is 0 Å². The van der Waals surface area contributed by atoms with Crippen LogP contribution < -0.4 is 4.74 Å². The molecule has 0 aliphatic carbocycles. The summed E-state index contributed by atoms with van der Waals surface area (Å²) in [7, 11) is 0. The number of ether oxygens (including phenoxy) is 1. The molecule has 1 aromatic rings. The molecule has 2 nitrogen and oxygen atoms in total. The Morgan fingerprint density at radius 1 is 1.00 bits per heavy atom. The monoisotopic (exact) mass is 262 g/mol. The number of Topliss-reactive ketones (excluding diaryl/α,β-unsaturated/α-hetero) is 1. The lowest BCUT2D eigenvalue weighted by molar-refractivity contribution is 0.0838. The molecule has 1 rings (SSSR count). The standard InChI is InChI=1S/C17H26O2/c1-11-9-12(2)14(15(18)16(3,4)5)13(10-11)19-17(6,7)8/h9-10H,1-8H3. The molecule has 0 bridgehead atoms. The van der Waals surface area contributed by atoms with Crippen LogP contribution >= 0.6 is 0 Å². The van der Waals surface area contributed by atoms with Crippen LogP contribution in [0.15, 0.2) is 12.1 Å².